The van der Waals surface area contributed by atoms with E-state index in [4.69, 9.17) is 20.1 Å². The Balaban J connectivity index is 0.000000423. The number of non-ortho nitro benzene ring substituents is 1. The van der Waals surface area contributed by atoms with Crippen molar-refractivity contribution in [1.29, 1.82) is 0 Å². The molecule has 0 saturated heterocycles. The van der Waals surface area contributed by atoms with E-state index in [1.54, 1.807) is 12.1 Å². The highest BCUT2D eigenvalue weighted by atomic mass is 31.1. The third kappa shape index (κ3) is 6.64. The molecule has 1 rings (SSSR count). The normalized spacial score (nSPS) is 8.73. The Bertz CT molecular complexity index is 336. The number of nitrogens with two attached hydrogens (primary N) is 1. The molecule has 0 radical (unpaired) electrons. The molecule has 0 atom stereocenters. The zero-order valence-corrected chi connectivity index (χ0v) is 8.50. The molecule has 4 N–H and O–H groups in total. The van der Waals surface area contributed by atoms with Crippen molar-refractivity contribution in [3.63, 3.8) is 0 Å². The topological polar surface area (TPSA) is 127 Å². The fourth-order valence-electron chi connectivity index (χ4n) is 0.754. The number of rotatable bonds is 2. The second kappa shape index (κ2) is 6.97. The number of hydrogen-bond acceptors (Lipinski definition) is 4. The maximum atomic E-state index is 10.2. The van der Waals surface area contributed by atoms with Crippen LogP contribution in [0, 0.1) is 10.1 Å². The third-order valence-corrected chi connectivity index (χ3v) is 1.38. The Morgan fingerprint density at radius 2 is 1.73 bits per heavy atom. The quantitative estimate of drug-likeness (QED) is 0.391. The minimum absolute atomic E-state index is 0.0993. The van der Waals surface area contributed by atoms with Gasteiger partial charge in [-0.15, -0.1) is 9.79 Å². The average Bonchev–Trinajstić information content (AvgIpc) is 2.17. The average molecular weight is 233 g/mol. The molecular weight excluding hydrogens is 223 g/mol. The first kappa shape index (κ1) is 13.6. The predicted octanol–water partition coefficient (Wildman–Crippen LogP) is 0.682. The van der Waals surface area contributed by atoms with Crippen molar-refractivity contribution >= 4 is 13.9 Å². The summed E-state index contributed by atoms with van der Waals surface area (Å²) in [6.07, 6.45) is 0. The highest BCUT2D eigenvalue weighted by molar-refractivity contribution is 7.30. The van der Waals surface area contributed by atoms with Crippen LogP contribution in [0.15, 0.2) is 24.3 Å². The van der Waals surface area contributed by atoms with Gasteiger partial charge < -0.3 is 5.73 Å². The van der Waals surface area contributed by atoms with Crippen LogP contribution in [0.2, 0.25) is 0 Å². The van der Waals surface area contributed by atoms with Crippen LogP contribution in [-0.2, 0) is 11.1 Å². The van der Waals surface area contributed by atoms with Gasteiger partial charge in [0, 0.05) is 23.2 Å². The number of nitrogens with zero attached hydrogens (tertiary/aromatic N) is 1. The first-order chi connectivity index (χ1) is 6.97. The second-order valence-electron chi connectivity index (χ2n) is 2.38. The van der Waals surface area contributed by atoms with E-state index >= 15 is 0 Å². The molecule has 0 unspecified atom stereocenters. The molecule has 0 bridgehead atoms. The summed E-state index contributed by atoms with van der Waals surface area (Å²) in [6, 6.07) is 6.20. The van der Waals surface area contributed by atoms with Crippen molar-refractivity contribution in [2.24, 2.45) is 5.73 Å². The van der Waals surface area contributed by atoms with Crippen molar-refractivity contribution < 1.29 is 19.3 Å². The van der Waals surface area contributed by atoms with E-state index in [9.17, 15) is 10.1 Å². The third-order valence-electron chi connectivity index (χ3n) is 1.38. The molecule has 15 heavy (non-hydrogen) atoms. The van der Waals surface area contributed by atoms with Crippen LogP contribution in [0.4, 0.5) is 5.69 Å². The van der Waals surface area contributed by atoms with E-state index in [1.807, 2.05) is 0 Å². The van der Waals surface area contributed by atoms with Gasteiger partial charge in [-0.05, 0) is 5.56 Å². The molecule has 7 nitrogen and oxygen atoms in total. The molecule has 0 aliphatic heterocycles. The maximum Gasteiger partial charge on any atom is 0.692 e. The summed E-state index contributed by atoms with van der Waals surface area (Å²) < 4.78 is 8.70. The van der Waals surface area contributed by atoms with E-state index in [0.717, 1.165) is 5.56 Å². The van der Waals surface area contributed by atoms with E-state index in [-0.39, 0.29) is 5.69 Å². The van der Waals surface area contributed by atoms with Crippen LogP contribution < -0.4 is 5.73 Å². The molecule has 0 heterocycles. The smallest absolute Gasteiger partial charge is 0.326 e. The van der Waals surface area contributed by atoms with Gasteiger partial charge in [0.15, 0.2) is 0 Å². The monoisotopic (exact) mass is 233 g/mol. The summed E-state index contributed by atoms with van der Waals surface area (Å²) in [5, 5.41) is 10.2. The summed E-state index contributed by atoms with van der Waals surface area (Å²) in [6.45, 7) is 0.415. The number of benzene rings is 1. The van der Waals surface area contributed by atoms with Crippen LogP contribution in [0.1, 0.15) is 5.56 Å². The van der Waals surface area contributed by atoms with Crippen LogP contribution in [0.5, 0.6) is 0 Å². The first-order valence-corrected chi connectivity index (χ1v) is 4.92. The molecule has 0 aromatic heterocycles. The number of hydrogen-bond donors (Lipinski definition) is 3. The van der Waals surface area contributed by atoms with Gasteiger partial charge in [0.25, 0.3) is 5.69 Å². The van der Waals surface area contributed by atoms with Crippen LogP contribution in [-0.4, -0.2) is 14.7 Å². The van der Waals surface area contributed by atoms with Crippen LogP contribution >= 0.6 is 8.25 Å². The van der Waals surface area contributed by atoms with Crippen LogP contribution in [0.25, 0.3) is 0 Å². The molecule has 1 aromatic carbocycles. The highest BCUT2D eigenvalue weighted by Gasteiger charge is 2.01. The Labute approximate surface area is 86.3 Å². The lowest BCUT2D eigenvalue weighted by molar-refractivity contribution is -0.384. The summed E-state index contributed by atoms with van der Waals surface area (Å²) >= 11 is 0. The lowest BCUT2D eigenvalue weighted by Crippen LogP contribution is -1.96. The van der Waals surface area contributed by atoms with Crippen molar-refractivity contribution in [2.75, 3.05) is 0 Å². The minimum Gasteiger partial charge on any atom is -0.326 e. The number of nitro groups is 1. The molecule has 82 valence electrons. The molecule has 0 fully saturated rings. The van der Waals surface area contributed by atoms with E-state index in [0.29, 0.717) is 6.54 Å². The highest BCUT2D eigenvalue weighted by Crippen LogP contribution is 2.10. The Morgan fingerprint density at radius 3 is 2.00 bits per heavy atom. The Morgan fingerprint density at radius 1 is 1.33 bits per heavy atom. The van der Waals surface area contributed by atoms with Gasteiger partial charge in [0.1, 0.15) is 0 Å². The lowest BCUT2D eigenvalue weighted by Gasteiger charge is -1.93. The molecule has 1 aromatic rings. The maximum absolute atomic E-state index is 10.2. The summed E-state index contributed by atoms with van der Waals surface area (Å²) in [7, 11) is -2.87. The number of nitro benzene ring substituents is 1. The molecule has 0 saturated carbocycles. The minimum atomic E-state index is -2.87. The SMILES string of the molecule is NCc1ccc([N+](=O)[O-])cc1.O=[P+](O)O. The fraction of sp³-hybridized carbons (Fsp3) is 0.143. The van der Waals surface area contributed by atoms with Crippen molar-refractivity contribution in [3.8, 4) is 0 Å². The summed E-state index contributed by atoms with van der Waals surface area (Å²) in [5.74, 6) is 0. The van der Waals surface area contributed by atoms with Gasteiger partial charge in [0.2, 0.25) is 0 Å². The molecule has 0 aliphatic carbocycles. The molecule has 0 amide bonds. The van der Waals surface area contributed by atoms with Gasteiger partial charge in [-0.2, -0.15) is 0 Å². The molecular formula is C7H10N2O5P+. The zero-order chi connectivity index (χ0) is 11.8. The lowest BCUT2D eigenvalue weighted by atomic mass is 10.2. The molecule has 0 spiro atoms. The standard InChI is InChI=1S/C7H8N2O2.HO3P/c8-5-6-1-3-7(4-2-6)9(10)11;1-4(2)3/h1-4H,5,8H2;(H-,1,2,3)/p+1. The van der Waals surface area contributed by atoms with Gasteiger partial charge >= 0.3 is 8.25 Å². The Hall–Kier alpha value is -1.40. The summed E-state index contributed by atoms with van der Waals surface area (Å²) in [4.78, 5) is 24.0. The van der Waals surface area contributed by atoms with Gasteiger partial charge in [0.05, 0.1) is 4.92 Å². The van der Waals surface area contributed by atoms with E-state index in [2.05, 4.69) is 0 Å². The van der Waals surface area contributed by atoms with Crippen molar-refractivity contribution in [1.82, 2.24) is 0 Å². The van der Waals surface area contributed by atoms with Crippen molar-refractivity contribution in [2.45, 2.75) is 6.54 Å². The molecule has 8 heteroatoms. The Kier molecular flexibility index (Phi) is 6.32. The van der Waals surface area contributed by atoms with Gasteiger partial charge in [-0.3, -0.25) is 10.1 Å². The van der Waals surface area contributed by atoms with E-state index in [1.165, 1.54) is 12.1 Å². The van der Waals surface area contributed by atoms with E-state index < -0.39 is 13.2 Å². The van der Waals surface area contributed by atoms with Crippen molar-refractivity contribution in [3.05, 3.63) is 39.9 Å². The second-order valence-corrected chi connectivity index (χ2v) is 2.89. The molecule has 0 aliphatic rings. The summed E-state index contributed by atoms with van der Waals surface area (Å²) in [5.41, 5.74) is 6.30. The zero-order valence-electron chi connectivity index (χ0n) is 7.61. The first-order valence-electron chi connectivity index (χ1n) is 3.75. The fourth-order valence-corrected chi connectivity index (χ4v) is 0.754. The van der Waals surface area contributed by atoms with Gasteiger partial charge in [-0.25, -0.2) is 0 Å². The van der Waals surface area contributed by atoms with Crippen LogP contribution in [0.3, 0.4) is 0 Å². The largest absolute Gasteiger partial charge is 0.692 e. The van der Waals surface area contributed by atoms with Gasteiger partial charge in [-0.1, -0.05) is 12.1 Å². The predicted molar refractivity (Wildman–Crippen MR) is 53.0 cm³/mol.